The molecule has 3 unspecified atom stereocenters. The fourth-order valence-corrected chi connectivity index (χ4v) is 7.85. The Kier molecular flexibility index (Phi) is 10.8. The molecule has 1 aliphatic rings. The molecule has 6 atom stereocenters. The number of aromatic amines is 1. The summed E-state index contributed by atoms with van der Waals surface area (Å²) in [6, 6.07) is -1.09. The largest absolute Gasteiger partial charge is 0.444 e. The second-order valence-corrected chi connectivity index (χ2v) is 16.0. The Labute approximate surface area is 230 Å². The van der Waals surface area contributed by atoms with Gasteiger partial charge in [0.2, 0.25) is 6.79 Å². The number of carbonyl (C=O) groups excluding carboxylic acids is 1. The fourth-order valence-electron chi connectivity index (χ4n) is 3.11. The Hall–Kier alpha value is -2.17. The summed E-state index contributed by atoms with van der Waals surface area (Å²) in [5.41, 5.74) is 6.31. The number of ether oxygens (including phenoxy) is 2. The van der Waals surface area contributed by atoms with Crippen molar-refractivity contribution in [3.63, 3.8) is 0 Å². The van der Waals surface area contributed by atoms with Crippen molar-refractivity contribution in [3.8, 4) is 0 Å². The summed E-state index contributed by atoms with van der Waals surface area (Å²) in [4.78, 5) is 59.5. The summed E-state index contributed by atoms with van der Waals surface area (Å²) in [7, 11) is -17.5. The maximum Gasteiger partial charge on any atom is 0.444 e. The molecule has 1 aliphatic heterocycles. The Morgan fingerprint density at radius 2 is 1.88 bits per heavy atom. The van der Waals surface area contributed by atoms with E-state index in [-0.39, 0.29) is 12.0 Å². The van der Waals surface area contributed by atoms with Gasteiger partial charge in [0.15, 0.2) is 0 Å². The van der Waals surface area contributed by atoms with Crippen LogP contribution in [0.25, 0.3) is 10.4 Å². The summed E-state index contributed by atoms with van der Waals surface area (Å²) in [5, 5.41) is -2.10. The van der Waals surface area contributed by atoms with Crippen molar-refractivity contribution < 1.29 is 59.9 Å². The van der Waals surface area contributed by atoms with Gasteiger partial charge in [-0.3, -0.25) is 37.4 Å². The van der Waals surface area contributed by atoms with Crippen LogP contribution in [0.15, 0.2) is 20.9 Å². The Balaban J connectivity index is 2.13. The van der Waals surface area contributed by atoms with E-state index in [1.54, 1.807) is 0 Å². The molecule has 24 heteroatoms. The molecule has 0 aliphatic carbocycles. The lowest BCUT2D eigenvalue weighted by atomic mass is 9.98. The van der Waals surface area contributed by atoms with Crippen molar-refractivity contribution >= 4 is 36.2 Å². The molecule has 2 rings (SSSR count). The fraction of sp³-hybridized carbons (Fsp3) is 0.706. The monoisotopic (exact) mass is 651 g/mol. The van der Waals surface area contributed by atoms with Gasteiger partial charge in [-0.15, -0.1) is 0 Å². The molecular formula is C17H27BF2N5O13P3. The van der Waals surface area contributed by atoms with Gasteiger partial charge in [-0.1, -0.05) is 5.11 Å². The van der Waals surface area contributed by atoms with Crippen LogP contribution in [-0.2, 0) is 41.3 Å². The number of aryl methyl sites for hydroxylation is 1. The highest BCUT2D eigenvalue weighted by molar-refractivity contribution is 7.86. The lowest BCUT2D eigenvalue weighted by Crippen LogP contribution is -2.33. The molecule has 0 amide bonds. The second kappa shape index (κ2) is 12.6. The normalized spacial score (nSPS) is 24.0. The zero-order chi connectivity index (χ0) is 31.6. The number of esters is 1. The van der Waals surface area contributed by atoms with Crippen LogP contribution in [0, 0.1) is 12.3 Å². The number of azide groups is 1. The summed E-state index contributed by atoms with van der Waals surface area (Å²) in [5.74, 6) is -1.01. The highest BCUT2D eigenvalue weighted by Crippen LogP contribution is 2.79. The third-order valence-electron chi connectivity index (χ3n) is 5.30. The average molecular weight is 651 g/mol. The quantitative estimate of drug-likeness (QED) is 0.0557. The van der Waals surface area contributed by atoms with E-state index >= 15 is 0 Å². The molecule has 18 nitrogen and oxygen atoms in total. The first-order chi connectivity index (χ1) is 18.5. The van der Waals surface area contributed by atoms with Gasteiger partial charge >= 0.3 is 32.3 Å². The van der Waals surface area contributed by atoms with Crippen LogP contribution in [0.5, 0.6) is 0 Å². The van der Waals surface area contributed by atoms with Gasteiger partial charge in [-0.2, -0.15) is 8.78 Å². The van der Waals surface area contributed by atoms with Gasteiger partial charge in [-0.25, -0.2) is 9.11 Å². The first-order valence-corrected chi connectivity index (χ1v) is 16.5. The van der Waals surface area contributed by atoms with Crippen molar-refractivity contribution in [1.82, 2.24) is 9.55 Å². The Morgan fingerprint density at radius 1 is 1.27 bits per heavy atom. The molecule has 0 saturated carbocycles. The maximum absolute atomic E-state index is 14.6. The van der Waals surface area contributed by atoms with E-state index in [0.717, 1.165) is 4.57 Å². The summed E-state index contributed by atoms with van der Waals surface area (Å²) in [6.07, 6.45) is -1.41. The number of rotatable bonds is 12. The molecule has 1 fully saturated rings. The predicted octanol–water partition coefficient (Wildman–Crippen LogP) is 2.07. The van der Waals surface area contributed by atoms with Gasteiger partial charge in [0.1, 0.15) is 6.23 Å². The number of aromatic nitrogens is 2. The van der Waals surface area contributed by atoms with Crippen molar-refractivity contribution in [2.75, 3.05) is 13.4 Å². The first kappa shape index (κ1) is 35.0. The molecular weight excluding hydrogens is 624 g/mol. The lowest BCUT2D eigenvalue weighted by Gasteiger charge is -2.28. The van der Waals surface area contributed by atoms with Gasteiger partial charge in [-0.05, 0) is 33.2 Å². The number of H-pyrrole nitrogens is 1. The third-order valence-corrected chi connectivity index (χ3v) is 11.3. The molecule has 0 bridgehead atoms. The van der Waals surface area contributed by atoms with Crippen molar-refractivity contribution in [3.05, 3.63) is 43.0 Å². The zero-order valence-electron chi connectivity index (χ0n) is 22.2. The van der Waals surface area contributed by atoms with Gasteiger partial charge < -0.3 is 23.8 Å². The van der Waals surface area contributed by atoms with E-state index in [1.807, 2.05) is 4.98 Å². The minimum atomic E-state index is -6.60. The molecule has 0 aromatic carbocycles. The molecule has 0 radical (unpaired) electrons. The average Bonchev–Trinajstić information content (AvgIpc) is 3.21. The maximum atomic E-state index is 14.6. The van der Waals surface area contributed by atoms with Crippen LogP contribution >= 0.6 is 22.7 Å². The number of hydrogen-bond donors (Lipinski definition) is 3. The number of carbonyl (C=O) groups is 1. The summed E-state index contributed by atoms with van der Waals surface area (Å²) in [6.45, 7) is 3.20. The number of nitrogens with one attached hydrogen (secondary N) is 1. The number of alkyl halides is 2. The SMILES string of the molecule is BP(=O)(OC[C@H]1O[C@@H](n2cc(C)c(=O)[nH]c2=O)C[C@H]1N=[N+]=[N-])OP(=O)(O)C(F)(F)P(=O)(O)OCOC(=O)C(C)(C)C. The van der Waals surface area contributed by atoms with Crippen LogP contribution in [0.1, 0.15) is 39.0 Å². The molecule has 0 spiro atoms. The zero-order valence-corrected chi connectivity index (χ0v) is 24.9. The summed E-state index contributed by atoms with van der Waals surface area (Å²) >= 11 is 0. The predicted molar refractivity (Wildman–Crippen MR) is 137 cm³/mol. The van der Waals surface area contributed by atoms with Gasteiger partial charge in [0, 0.05) is 23.1 Å². The topological polar surface area (TPSA) is 259 Å². The molecule has 1 aromatic rings. The Morgan fingerprint density at radius 3 is 2.44 bits per heavy atom. The first-order valence-electron chi connectivity index (χ1n) is 11.3. The van der Waals surface area contributed by atoms with Crippen LogP contribution < -0.4 is 11.2 Å². The van der Waals surface area contributed by atoms with E-state index in [2.05, 4.69) is 23.6 Å². The van der Waals surface area contributed by atoms with E-state index in [9.17, 15) is 46.6 Å². The molecule has 230 valence electrons. The lowest BCUT2D eigenvalue weighted by molar-refractivity contribution is -0.160. The third kappa shape index (κ3) is 8.45. The molecule has 3 N–H and O–H groups in total. The van der Waals surface area contributed by atoms with Crippen LogP contribution in [0.4, 0.5) is 8.78 Å². The standard InChI is InChI=1S/C17H27BF2N5O13P3/c1-9-6-25(15(28)22-13(9)26)12-5-10(23-24-21)11(37-12)7-35-41(18,33)38-40(31,32)17(19,20)39(29,30)36-8-34-14(27)16(2,3)4/h6,10-12H,5,7-8,18H2,1-4H3,(H,29,30)(H,31,32)(H,22,26,28)/t10-,11-,12-,41?/m1/s1. The molecule has 41 heavy (non-hydrogen) atoms. The molecule has 2 heterocycles. The minimum absolute atomic E-state index is 0.136. The Bertz CT molecular complexity index is 1470. The highest BCUT2D eigenvalue weighted by atomic mass is 31.3. The van der Waals surface area contributed by atoms with Crippen molar-refractivity contribution in [1.29, 1.82) is 0 Å². The number of nitrogens with zero attached hydrogens (tertiary/aromatic N) is 4. The van der Waals surface area contributed by atoms with Crippen LogP contribution in [0.3, 0.4) is 0 Å². The highest BCUT2D eigenvalue weighted by Gasteiger charge is 2.68. The number of halogens is 2. The summed E-state index contributed by atoms with van der Waals surface area (Å²) < 4.78 is 90.1. The molecule has 1 saturated heterocycles. The van der Waals surface area contributed by atoms with Crippen molar-refractivity contribution in [2.24, 2.45) is 10.5 Å². The van der Waals surface area contributed by atoms with E-state index in [0.29, 0.717) is 7.57 Å². The molecule has 1 aromatic heterocycles. The number of hydrogen-bond acceptors (Lipinski definition) is 12. The van der Waals surface area contributed by atoms with Crippen LogP contribution in [0.2, 0.25) is 0 Å². The smallest absolute Gasteiger partial charge is 0.438 e. The van der Waals surface area contributed by atoms with Crippen molar-refractivity contribution in [2.45, 2.75) is 57.9 Å². The van der Waals surface area contributed by atoms with E-state index in [1.165, 1.54) is 33.9 Å². The van der Waals surface area contributed by atoms with Gasteiger partial charge in [0.25, 0.3) is 20.6 Å². The van der Waals surface area contributed by atoms with Crippen LogP contribution in [-0.4, -0.2) is 63.8 Å². The second-order valence-electron chi connectivity index (χ2n) is 9.74. The van der Waals surface area contributed by atoms with E-state index in [4.69, 9.17) is 14.8 Å². The van der Waals surface area contributed by atoms with E-state index < -0.39 is 82.5 Å². The van der Waals surface area contributed by atoms with Gasteiger partial charge in [0.05, 0.1) is 24.2 Å². The minimum Gasteiger partial charge on any atom is -0.438 e.